The zero-order valence-electron chi connectivity index (χ0n) is 13.0. The number of ether oxygens (including phenoxy) is 1. The highest BCUT2D eigenvalue weighted by Crippen LogP contribution is 2.23. The molecule has 5 heteroatoms. The number of hydrogen-bond acceptors (Lipinski definition) is 3. The van der Waals surface area contributed by atoms with Gasteiger partial charge < -0.3 is 20.5 Å². The summed E-state index contributed by atoms with van der Waals surface area (Å²) in [5, 5.41) is 14.9. The Morgan fingerprint density at radius 2 is 1.91 bits per heavy atom. The molecule has 0 heterocycles. The summed E-state index contributed by atoms with van der Waals surface area (Å²) in [4.78, 5) is 11.8. The number of benzene rings is 1. The fraction of sp³-hybridized carbons (Fsp3) is 0.588. The maximum absolute atomic E-state index is 11.8. The number of nitrogens with one attached hydrogen (secondary N) is 2. The molecule has 1 aliphatic carbocycles. The van der Waals surface area contributed by atoms with Gasteiger partial charge >= 0.3 is 6.03 Å². The van der Waals surface area contributed by atoms with E-state index in [1.54, 1.807) is 0 Å². The molecule has 0 bridgehead atoms. The summed E-state index contributed by atoms with van der Waals surface area (Å²) in [7, 11) is 0. The number of aliphatic hydroxyl groups is 1. The van der Waals surface area contributed by atoms with E-state index in [9.17, 15) is 4.79 Å². The Labute approximate surface area is 132 Å². The van der Waals surface area contributed by atoms with Crippen molar-refractivity contribution in [3.8, 4) is 0 Å². The summed E-state index contributed by atoms with van der Waals surface area (Å²) in [6.07, 6.45) is 3.87. The SMILES string of the molecule is O=C(NCCOCc1ccccc1)NC1CCC(CO)CC1. The van der Waals surface area contributed by atoms with Crippen molar-refractivity contribution in [3.63, 3.8) is 0 Å². The van der Waals surface area contributed by atoms with Gasteiger partial charge in [0.1, 0.15) is 0 Å². The number of urea groups is 1. The molecule has 2 rings (SSSR count). The van der Waals surface area contributed by atoms with E-state index in [-0.39, 0.29) is 18.7 Å². The lowest BCUT2D eigenvalue weighted by Gasteiger charge is -2.27. The third-order valence-electron chi connectivity index (χ3n) is 4.08. The van der Waals surface area contributed by atoms with Crippen molar-refractivity contribution < 1.29 is 14.6 Å². The topological polar surface area (TPSA) is 70.6 Å². The highest BCUT2D eigenvalue weighted by atomic mass is 16.5. The van der Waals surface area contributed by atoms with Crippen LogP contribution in [0.4, 0.5) is 4.79 Å². The van der Waals surface area contributed by atoms with Gasteiger partial charge in [-0.05, 0) is 37.2 Å². The van der Waals surface area contributed by atoms with Crippen molar-refractivity contribution in [2.45, 2.75) is 38.3 Å². The molecule has 3 N–H and O–H groups in total. The molecule has 5 nitrogen and oxygen atoms in total. The number of aliphatic hydroxyl groups excluding tert-OH is 1. The van der Waals surface area contributed by atoms with Gasteiger partial charge in [0.15, 0.2) is 0 Å². The highest BCUT2D eigenvalue weighted by molar-refractivity contribution is 5.74. The monoisotopic (exact) mass is 306 g/mol. The van der Waals surface area contributed by atoms with Crippen LogP contribution in [0, 0.1) is 5.92 Å². The number of rotatable bonds is 7. The average Bonchev–Trinajstić information content (AvgIpc) is 2.56. The number of hydrogen-bond donors (Lipinski definition) is 3. The van der Waals surface area contributed by atoms with Gasteiger partial charge in [0, 0.05) is 19.2 Å². The molecule has 0 aromatic heterocycles. The van der Waals surface area contributed by atoms with Crippen LogP contribution < -0.4 is 10.6 Å². The van der Waals surface area contributed by atoms with E-state index in [0.717, 1.165) is 31.2 Å². The molecule has 0 saturated heterocycles. The van der Waals surface area contributed by atoms with Gasteiger partial charge in [-0.15, -0.1) is 0 Å². The van der Waals surface area contributed by atoms with E-state index >= 15 is 0 Å². The van der Waals surface area contributed by atoms with Gasteiger partial charge in [-0.25, -0.2) is 4.79 Å². The lowest BCUT2D eigenvalue weighted by molar-refractivity contribution is 0.123. The molecule has 122 valence electrons. The second-order valence-corrected chi connectivity index (χ2v) is 5.84. The summed E-state index contributed by atoms with van der Waals surface area (Å²) < 4.78 is 5.52. The first-order valence-corrected chi connectivity index (χ1v) is 8.05. The third-order valence-corrected chi connectivity index (χ3v) is 4.08. The molecule has 1 aliphatic rings. The van der Waals surface area contributed by atoms with Gasteiger partial charge in [0.25, 0.3) is 0 Å². The van der Waals surface area contributed by atoms with Gasteiger partial charge in [0.2, 0.25) is 0 Å². The quantitative estimate of drug-likeness (QED) is 0.675. The molecule has 22 heavy (non-hydrogen) atoms. The molecule has 0 aliphatic heterocycles. The molecule has 0 unspecified atom stereocenters. The van der Waals surface area contributed by atoms with Crippen LogP contribution in [0.1, 0.15) is 31.2 Å². The fourth-order valence-electron chi connectivity index (χ4n) is 2.73. The zero-order chi connectivity index (χ0) is 15.6. The molecular formula is C17H26N2O3. The Bertz CT molecular complexity index is 431. The second-order valence-electron chi connectivity index (χ2n) is 5.84. The highest BCUT2D eigenvalue weighted by Gasteiger charge is 2.21. The molecule has 0 radical (unpaired) electrons. The van der Waals surface area contributed by atoms with E-state index in [1.807, 2.05) is 30.3 Å². The molecular weight excluding hydrogens is 280 g/mol. The van der Waals surface area contributed by atoms with Crippen LogP contribution in [0.2, 0.25) is 0 Å². The first-order chi connectivity index (χ1) is 10.8. The van der Waals surface area contributed by atoms with Crippen LogP contribution in [0.25, 0.3) is 0 Å². The Morgan fingerprint density at radius 3 is 2.59 bits per heavy atom. The maximum atomic E-state index is 11.8. The van der Waals surface area contributed by atoms with Crippen molar-refractivity contribution >= 4 is 6.03 Å². The first-order valence-electron chi connectivity index (χ1n) is 8.05. The van der Waals surface area contributed by atoms with Gasteiger partial charge in [-0.2, -0.15) is 0 Å². The number of amides is 2. The average molecular weight is 306 g/mol. The van der Waals surface area contributed by atoms with Crippen LogP contribution in [0.3, 0.4) is 0 Å². The Hall–Kier alpha value is -1.59. The zero-order valence-corrected chi connectivity index (χ0v) is 13.0. The summed E-state index contributed by atoms with van der Waals surface area (Å²) in [6.45, 7) is 1.83. The van der Waals surface area contributed by atoms with E-state index in [0.29, 0.717) is 25.7 Å². The van der Waals surface area contributed by atoms with Gasteiger partial charge in [-0.1, -0.05) is 30.3 Å². The molecule has 1 fully saturated rings. The summed E-state index contributed by atoms with van der Waals surface area (Å²) >= 11 is 0. The van der Waals surface area contributed by atoms with Crippen LogP contribution in [0.15, 0.2) is 30.3 Å². The van der Waals surface area contributed by atoms with Crippen LogP contribution in [-0.2, 0) is 11.3 Å². The van der Waals surface area contributed by atoms with Crippen LogP contribution in [-0.4, -0.2) is 36.9 Å². The number of carbonyl (C=O) groups excluding carboxylic acids is 1. The lowest BCUT2D eigenvalue weighted by Crippen LogP contribution is -2.44. The summed E-state index contributed by atoms with van der Waals surface area (Å²) in [5.41, 5.74) is 1.13. The number of carbonyl (C=O) groups is 1. The van der Waals surface area contributed by atoms with Gasteiger partial charge in [0.05, 0.1) is 13.2 Å². The maximum Gasteiger partial charge on any atom is 0.315 e. The molecule has 1 aromatic rings. The molecule has 1 saturated carbocycles. The van der Waals surface area contributed by atoms with E-state index in [1.165, 1.54) is 0 Å². The Morgan fingerprint density at radius 1 is 1.18 bits per heavy atom. The summed E-state index contributed by atoms with van der Waals surface area (Å²) in [6, 6.07) is 10.1. The standard InChI is InChI=1S/C17H26N2O3/c20-12-14-6-8-16(9-7-14)19-17(21)18-10-11-22-13-15-4-2-1-3-5-15/h1-5,14,16,20H,6-13H2,(H2,18,19,21). The second kappa shape index (κ2) is 9.43. The predicted octanol–water partition coefficient (Wildman–Crippen LogP) is 2.05. The Balaban J connectivity index is 1.51. The molecule has 2 amide bonds. The van der Waals surface area contributed by atoms with Gasteiger partial charge in [-0.3, -0.25) is 0 Å². The molecule has 0 spiro atoms. The third kappa shape index (κ3) is 6.03. The van der Waals surface area contributed by atoms with Crippen LogP contribution >= 0.6 is 0 Å². The largest absolute Gasteiger partial charge is 0.396 e. The van der Waals surface area contributed by atoms with Crippen molar-refractivity contribution in [1.82, 2.24) is 10.6 Å². The minimum atomic E-state index is -0.129. The lowest BCUT2D eigenvalue weighted by atomic mass is 9.87. The van der Waals surface area contributed by atoms with E-state index in [4.69, 9.17) is 9.84 Å². The van der Waals surface area contributed by atoms with E-state index in [2.05, 4.69) is 10.6 Å². The van der Waals surface area contributed by atoms with E-state index < -0.39 is 0 Å². The minimum absolute atomic E-state index is 0.129. The predicted molar refractivity (Wildman–Crippen MR) is 85.5 cm³/mol. The minimum Gasteiger partial charge on any atom is -0.396 e. The normalized spacial score (nSPS) is 21.3. The molecule has 0 atom stereocenters. The first kappa shape index (κ1) is 16.8. The molecule has 1 aromatic carbocycles. The summed E-state index contributed by atoms with van der Waals surface area (Å²) in [5.74, 6) is 0.410. The van der Waals surface area contributed by atoms with Crippen LogP contribution in [0.5, 0.6) is 0 Å². The fourth-order valence-corrected chi connectivity index (χ4v) is 2.73. The van der Waals surface area contributed by atoms with Crippen molar-refractivity contribution in [2.75, 3.05) is 19.8 Å². The smallest absolute Gasteiger partial charge is 0.315 e. The van der Waals surface area contributed by atoms with Crippen molar-refractivity contribution in [2.24, 2.45) is 5.92 Å². The Kier molecular flexibility index (Phi) is 7.19. The van der Waals surface area contributed by atoms with Crippen molar-refractivity contribution in [3.05, 3.63) is 35.9 Å². The van der Waals surface area contributed by atoms with Crippen molar-refractivity contribution in [1.29, 1.82) is 0 Å².